The van der Waals surface area contributed by atoms with Crippen LogP contribution in [0.15, 0.2) is 24.3 Å². The maximum atomic E-state index is 5.27. The van der Waals surface area contributed by atoms with Crippen molar-refractivity contribution in [2.24, 2.45) is 0 Å². The Hall–Kier alpha value is -1.32. The number of nitrogens with one attached hydrogen (secondary N) is 1. The van der Waals surface area contributed by atoms with E-state index >= 15 is 0 Å². The van der Waals surface area contributed by atoms with Crippen LogP contribution in [0, 0.1) is 20.8 Å². The molecular weight excluding hydrogens is 254 g/mol. The number of hydrogen-bond donors (Lipinski definition) is 1. The van der Waals surface area contributed by atoms with Crippen LogP contribution in [0.25, 0.3) is 0 Å². The van der Waals surface area contributed by atoms with Crippen molar-refractivity contribution in [3.63, 3.8) is 0 Å². The lowest BCUT2D eigenvalue weighted by Crippen LogP contribution is -2.11. The molecule has 19 heavy (non-hydrogen) atoms. The summed E-state index contributed by atoms with van der Waals surface area (Å²) >= 11 is 1.88. The summed E-state index contributed by atoms with van der Waals surface area (Å²) in [6, 6.07) is 8.60. The van der Waals surface area contributed by atoms with Gasteiger partial charge < -0.3 is 10.1 Å². The van der Waals surface area contributed by atoms with Crippen LogP contribution in [0.3, 0.4) is 0 Å². The minimum absolute atomic E-state index is 0.890. The summed E-state index contributed by atoms with van der Waals surface area (Å²) in [6.45, 7) is 8.25. The molecule has 0 spiro atoms. The van der Waals surface area contributed by atoms with Gasteiger partial charge in [-0.25, -0.2) is 0 Å². The van der Waals surface area contributed by atoms with E-state index in [-0.39, 0.29) is 0 Å². The highest BCUT2D eigenvalue weighted by Crippen LogP contribution is 2.21. The van der Waals surface area contributed by atoms with E-state index in [0.717, 1.165) is 18.8 Å². The monoisotopic (exact) mass is 275 g/mol. The minimum Gasteiger partial charge on any atom is -0.496 e. The topological polar surface area (TPSA) is 21.3 Å². The van der Waals surface area contributed by atoms with Crippen LogP contribution in [-0.2, 0) is 13.1 Å². The first-order chi connectivity index (χ1) is 9.10. The minimum atomic E-state index is 0.890. The van der Waals surface area contributed by atoms with E-state index in [1.165, 1.54) is 26.4 Å². The molecule has 0 bridgehead atoms. The van der Waals surface area contributed by atoms with Gasteiger partial charge in [0, 0.05) is 22.8 Å². The fourth-order valence-corrected chi connectivity index (χ4v) is 3.14. The second-order valence-electron chi connectivity index (χ2n) is 4.86. The molecule has 1 N–H and O–H groups in total. The Morgan fingerprint density at radius 2 is 1.84 bits per heavy atom. The Morgan fingerprint density at radius 3 is 2.42 bits per heavy atom. The SMILES string of the molecule is COc1ccc(CNCc2cc(C)c(C)s2)cc1C. The number of benzene rings is 1. The van der Waals surface area contributed by atoms with Gasteiger partial charge in [-0.2, -0.15) is 0 Å². The van der Waals surface area contributed by atoms with Crippen LogP contribution < -0.4 is 10.1 Å². The van der Waals surface area contributed by atoms with Crippen LogP contribution in [0.2, 0.25) is 0 Å². The smallest absolute Gasteiger partial charge is 0.121 e. The van der Waals surface area contributed by atoms with Gasteiger partial charge in [-0.15, -0.1) is 11.3 Å². The number of hydrogen-bond acceptors (Lipinski definition) is 3. The van der Waals surface area contributed by atoms with Gasteiger partial charge in [0.2, 0.25) is 0 Å². The van der Waals surface area contributed by atoms with Crippen molar-refractivity contribution >= 4 is 11.3 Å². The molecule has 1 aromatic heterocycles. The molecule has 0 aliphatic rings. The molecule has 3 heteroatoms. The zero-order valence-electron chi connectivity index (χ0n) is 12.0. The molecule has 2 nitrogen and oxygen atoms in total. The molecule has 0 fully saturated rings. The molecular formula is C16H21NOS. The molecule has 0 aliphatic carbocycles. The number of methoxy groups -OCH3 is 1. The largest absolute Gasteiger partial charge is 0.496 e. The van der Waals surface area contributed by atoms with Gasteiger partial charge in [0.15, 0.2) is 0 Å². The maximum Gasteiger partial charge on any atom is 0.121 e. The second-order valence-corrected chi connectivity index (χ2v) is 6.20. The van der Waals surface area contributed by atoms with Crippen LogP contribution in [-0.4, -0.2) is 7.11 Å². The van der Waals surface area contributed by atoms with E-state index in [9.17, 15) is 0 Å². The Bertz CT molecular complexity index is 540. The zero-order chi connectivity index (χ0) is 13.8. The highest BCUT2D eigenvalue weighted by molar-refractivity contribution is 7.12. The van der Waals surface area contributed by atoms with Gasteiger partial charge in [-0.05, 0) is 49.6 Å². The van der Waals surface area contributed by atoms with Gasteiger partial charge in [-0.1, -0.05) is 12.1 Å². The molecule has 2 aromatic rings. The first-order valence-electron chi connectivity index (χ1n) is 6.50. The van der Waals surface area contributed by atoms with Gasteiger partial charge >= 0.3 is 0 Å². The molecule has 0 radical (unpaired) electrons. The fraction of sp³-hybridized carbons (Fsp3) is 0.375. The number of aryl methyl sites for hydroxylation is 3. The highest BCUT2D eigenvalue weighted by Gasteiger charge is 2.02. The normalized spacial score (nSPS) is 10.7. The van der Waals surface area contributed by atoms with Crippen molar-refractivity contribution in [1.82, 2.24) is 5.32 Å². The van der Waals surface area contributed by atoms with Gasteiger partial charge in [0.1, 0.15) is 5.75 Å². The molecule has 2 rings (SSSR count). The molecule has 1 heterocycles. The number of thiophene rings is 1. The van der Waals surface area contributed by atoms with Gasteiger partial charge in [0.05, 0.1) is 7.11 Å². The first-order valence-corrected chi connectivity index (χ1v) is 7.32. The molecule has 1 aromatic carbocycles. The molecule has 0 amide bonds. The molecule has 0 saturated carbocycles. The zero-order valence-corrected chi connectivity index (χ0v) is 12.9. The lowest BCUT2D eigenvalue weighted by Gasteiger charge is -2.08. The van der Waals surface area contributed by atoms with E-state index in [0.29, 0.717) is 0 Å². The van der Waals surface area contributed by atoms with Crippen molar-refractivity contribution in [3.8, 4) is 5.75 Å². The van der Waals surface area contributed by atoms with E-state index in [2.05, 4.69) is 44.3 Å². The Morgan fingerprint density at radius 1 is 1.05 bits per heavy atom. The standard InChI is InChI=1S/C16H21NOS/c1-11-8-15(19-13(11)3)10-17-9-14-5-6-16(18-4)12(2)7-14/h5-8,17H,9-10H2,1-4H3. The average molecular weight is 275 g/mol. The summed E-state index contributed by atoms with van der Waals surface area (Å²) in [5.41, 5.74) is 3.87. The third-order valence-corrected chi connectivity index (χ3v) is 4.46. The maximum absolute atomic E-state index is 5.27. The summed E-state index contributed by atoms with van der Waals surface area (Å²) in [7, 11) is 1.71. The molecule has 0 saturated heterocycles. The summed E-state index contributed by atoms with van der Waals surface area (Å²) in [5.74, 6) is 0.952. The summed E-state index contributed by atoms with van der Waals surface area (Å²) in [6.07, 6.45) is 0. The molecule has 102 valence electrons. The molecule has 0 unspecified atom stereocenters. The van der Waals surface area contributed by atoms with Gasteiger partial charge in [0.25, 0.3) is 0 Å². The summed E-state index contributed by atoms with van der Waals surface area (Å²) in [4.78, 5) is 2.82. The lowest BCUT2D eigenvalue weighted by molar-refractivity contribution is 0.411. The van der Waals surface area contributed by atoms with Crippen LogP contribution in [0.5, 0.6) is 5.75 Å². The Kier molecular flexibility index (Phi) is 4.61. The first kappa shape index (κ1) is 14.1. The van der Waals surface area contributed by atoms with E-state index in [4.69, 9.17) is 4.74 Å². The number of ether oxygens (including phenoxy) is 1. The van der Waals surface area contributed by atoms with Crippen LogP contribution in [0.4, 0.5) is 0 Å². The highest BCUT2D eigenvalue weighted by atomic mass is 32.1. The van der Waals surface area contributed by atoms with E-state index in [1.54, 1.807) is 7.11 Å². The van der Waals surface area contributed by atoms with E-state index < -0.39 is 0 Å². The van der Waals surface area contributed by atoms with Crippen LogP contribution in [0.1, 0.15) is 26.4 Å². The Balaban J connectivity index is 1.90. The quantitative estimate of drug-likeness (QED) is 0.891. The average Bonchev–Trinajstić information content (AvgIpc) is 2.69. The van der Waals surface area contributed by atoms with Crippen molar-refractivity contribution in [2.75, 3.05) is 7.11 Å². The van der Waals surface area contributed by atoms with E-state index in [1.807, 2.05) is 17.4 Å². The Labute approximate surface area is 119 Å². The van der Waals surface area contributed by atoms with Gasteiger partial charge in [-0.3, -0.25) is 0 Å². The van der Waals surface area contributed by atoms with Crippen LogP contribution >= 0.6 is 11.3 Å². The third-order valence-electron chi connectivity index (χ3n) is 3.30. The second kappa shape index (κ2) is 6.22. The summed E-state index contributed by atoms with van der Waals surface area (Å²) < 4.78 is 5.27. The van der Waals surface area contributed by atoms with Crippen molar-refractivity contribution < 1.29 is 4.74 Å². The molecule has 0 atom stereocenters. The fourth-order valence-electron chi connectivity index (χ4n) is 2.12. The lowest BCUT2D eigenvalue weighted by atomic mass is 10.1. The predicted molar refractivity (Wildman–Crippen MR) is 82.1 cm³/mol. The molecule has 0 aliphatic heterocycles. The summed E-state index contributed by atoms with van der Waals surface area (Å²) in [5, 5.41) is 3.49. The number of rotatable bonds is 5. The van der Waals surface area contributed by atoms with Crippen molar-refractivity contribution in [3.05, 3.63) is 50.7 Å². The van der Waals surface area contributed by atoms with Crippen molar-refractivity contribution in [1.29, 1.82) is 0 Å². The third kappa shape index (κ3) is 3.58. The predicted octanol–water partition coefficient (Wildman–Crippen LogP) is 3.97. The van der Waals surface area contributed by atoms with Crippen molar-refractivity contribution in [2.45, 2.75) is 33.9 Å².